The van der Waals surface area contributed by atoms with Gasteiger partial charge < -0.3 is 9.47 Å². The summed E-state index contributed by atoms with van der Waals surface area (Å²) in [4.78, 5) is 9.04. The van der Waals surface area contributed by atoms with Crippen molar-refractivity contribution in [3.8, 4) is 11.6 Å². The minimum Gasteiger partial charge on any atom is -0.497 e. The van der Waals surface area contributed by atoms with Crippen LogP contribution in [0, 0.1) is 6.92 Å². The van der Waals surface area contributed by atoms with Crippen molar-refractivity contribution in [3.63, 3.8) is 0 Å². The molecule has 0 saturated heterocycles. The van der Waals surface area contributed by atoms with Gasteiger partial charge in [-0.25, -0.2) is 4.98 Å². The number of nitrogens with one attached hydrogen (secondary N) is 1. The fourth-order valence-corrected chi connectivity index (χ4v) is 3.25. The van der Waals surface area contributed by atoms with Gasteiger partial charge in [0.1, 0.15) is 18.2 Å². The van der Waals surface area contributed by atoms with Gasteiger partial charge in [-0.15, -0.1) is 0 Å². The summed E-state index contributed by atoms with van der Waals surface area (Å²) >= 11 is 3.57. The number of H-pyrrole nitrogens is 1. The zero-order valence-electron chi connectivity index (χ0n) is 13.7. The smallest absolute Gasteiger partial charge is 0.225 e. The first-order valence-corrected chi connectivity index (χ1v) is 8.50. The molecule has 0 aliphatic carbocycles. The molecule has 0 radical (unpaired) electrons. The van der Waals surface area contributed by atoms with E-state index in [1.54, 1.807) is 13.3 Å². The molecule has 0 unspecified atom stereocenters. The lowest BCUT2D eigenvalue weighted by Crippen LogP contribution is -2.01. The van der Waals surface area contributed by atoms with Gasteiger partial charge in [-0.05, 0) is 46.6 Å². The Bertz CT molecular complexity index is 1060. The Kier molecular flexibility index (Phi) is 4.01. The quantitative estimate of drug-likeness (QED) is 0.558. The minimum absolute atomic E-state index is 0.413. The standard InChI is InChI=1S/C18H15BrN4O2/c1-10-21-16-13(7-15(19)17-14(16)8-20-23-17)18(22-10)25-9-11-3-5-12(24-2)6-4-11/h3-8H,9H2,1-2H3,(H,20,23). The average Bonchev–Trinajstić information content (AvgIpc) is 3.12. The fourth-order valence-electron chi connectivity index (χ4n) is 2.72. The molecule has 0 amide bonds. The van der Waals surface area contributed by atoms with E-state index in [2.05, 4.69) is 36.1 Å². The highest BCUT2D eigenvalue weighted by Gasteiger charge is 2.14. The van der Waals surface area contributed by atoms with E-state index in [-0.39, 0.29) is 0 Å². The van der Waals surface area contributed by atoms with Crippen LogP contribution < -0.4 is 9.47 Å². The van der Waals surface area contributed by atoms with Crippen molar-refractivity contribution < 1.29 is 9.47 Å². The van der Waals surface area contributed by atoms with E-state index in [9.17, 15) is 0 Å². The number of ether oxygens (including phenoxy) is 2. The van der Waals surface area contributed by atoms with Crippen molar-refractivity contribution >= 4 is 37.7 Å². The fraction of sp³-hybridized carbons (Fsp3) is 0.167. The maximum absolute atomic E-state index is 6.00. The summed E-state index contributed by atoms with van der Waals surface area (Å²) in [7, 11) is 1.65. The average molecular weight is 399 g/mol. The van der Waals surface area contributed by atoms with Gasteiger partial charge in [0.2, 0.25) is 5.88 Å². The minimum atomic E-state index is 0.413. The molecule has 4 rings (SSSR count). The Labute approximate surface area is 152 Å². The van der Waals surface area contributed by atoms with Crippen molar-refractivity contribution in [3.05, 3.63) is 52.4 Å². The Morgan fingerprint density at radius 2 is 1.92 bits per heavy atom. The van der Waals surface area contributed by atoms with Crippen LogP contribution in [0.2, 0.25) is 0 Å². The highest BCUT2D eigenvalue weighted by molar-refractivity contribution is 9.10. The lowest BCUT2D eigenvalue weighted by atomic mass is 10.1. The molecule has 7 heteroatoms. The lowest BCUT2D eigenvalue weighted by Gasteiger charge is -2.10. The van der Waals surface area contributed by atoms with Gasteiger partial charge >= 0.3 is 0 Å². The van der Waals surface area contributed by atoms with Crippen LogP contribution in [0.4, 0.5) is 0 Å². The number of aromatic amines is 1. The Balaban J connectivity index is 1.74. The molecule has 0 bridgehead atoms. The second kappa shape index (κ2) is 6.33. The Morgan fingerprint density at radius 1 is 1.12 bits per heavy atom. The predicted octanol–water partition coefficient (Wildman–Crippen LogP) is 4.16. The summed E-state index contributed by atoms with van der Waals surface area (Å²) in [6.45, 7) is 2.27. The third kappa shape index (κ3) is 2.91. The van der Waals surface area contributed by atoms with E-state index >= 15 is 0 Å². The van der Waals surface area contributed by atoms with Crippen LogP contribution in [0.25, 0.3) is 21.8 Å². The van der Waals surface area contributed by atoms with Crippen molar-refractivity contribution in [2.24, 2.45) is 0 Å². The SMILES string of the molecule is COc1ccc(COc2nc(C)nc3c2cc(Br)c2[nH]ncc23)cc1. The van der Waals surface area contributed by atoms with E-state index in [1.807, 2.05) is 37.3 Å². The number of fused-ring (bicyclic) bond motifs is 3. The van der Waals surface area contributed by atoms with E-state index in [0.717, 1.165) is 37.6 Å². The molecular weight excluding hydrogens is 384 g/mol. The van der Waals surface area contributed by atoms with Gasteiger partial charge in [0.05, 0.1) is 29.7 Å². The molecule has 0 fully saturated rings. The maximum atomic E-state index is 6.00. The maximum Gasteiger partial charge on any atom is 0.225 e. The largest absolute Gasteiger partial charge is 0.497 e. The van der Waals surface area contributed by atoms with Gasteiger partial charge in [-0.1, -0.05) is 12.1 Å². The van der Waals surface area contributed by atoms with Crippen LogP contribution in [0.3, 0.4) is 0 Å². The molecule has 0 saturated carbocycles. The van der Waals surface area contributed by atoms with Crippen LogP contribution in [0.5, 0.6) is 11.6 Å². The highest BCUT2D eigenvalue weighted by Crippen LogP contribution is 2.33. The Morgan fingerprint density at radius 3 is 2.68 bits per heavy atom. The molecule has 1 N–H and O–H groups in total. The van der Waals surface area contributed by atoms with Crippen LogP contribution in [-0.2, 0) is 6.61 Å². The van der Waals surface area contributed by atoms with Gasteiger partial charge in [0, 0.05) is 9.86 Å². The molecule has 2 aromatic heterocycles. The van der Waals surface area contributed by atoms with Crippen LogP contribution in [0.1, 0.15) is 11.4 Å². The van der Waals surface area contributed by atoms with Crippen LogP contribution in [0.15, 0.2) is 41.0 Å². The normalized spacial score (nSPS) is 11.2. The second-order valence-corrected chi connectivity index (χ2v) is 6.48. The van der Waals surface area contributed by atoms with Gasteiger partial charge in [0.15, 0.2) is 0 Å². The molecule has 2 heterocycles. The summed E-state index contributed by atoms with van der Waals surface area (Å²) in [5.74, 6) is 2.03. The van der Waals surface area contributed by atoms with E-state index < -0.39 is 0 Å². The number of hydrogen-bond donors (Lipinski definition) is 1. The van der Waals surface area contributed by atoms with E-state index in [4.69, 9.17) is 9.47 Å². The molecule has 4 aromatic rings. The molecule has 6 nitrogen and oxygen atoms in total. The third-order valence-electron chi connectivity index (χ3n) is 3.96. The van der Waals surface area contributed by atoms with Crippen molar-refractivity contribution in [1.82, 2.24) is 20.2 Å². The number of methoxy groups -OCH3 is 1. The zero-order valence-corrected chi connectivity index (χ0v) is 15.3. The number of aryl methyl sites for hydroxylation is 1. The van der Waals surface area contributed by atoms with Gasteiger partial charge in [-0.2, -0.15) is 10.1 Å². The van der Waals surface area contributed by atoms with E-state index in [1.165, 1.54) is 0 Å². The summed E-state index contributed by atoms with van der Waals surface area (Å²) in [5, 5.41) is 8.87. The Hall–Kier alpha value is -2.67. The number of benzene rings is 2. The molecule has 25 heavy (non-hydrogen) atoms. The molecular formula is C18H15BrN4O2. The van der Waals surface area contributed by atoms with Crippen LogP contribution >= 0.6 is 15.9 Å². The summed E-state index contributed by atoms with van der Waals surface area (Å²) < 4.78 is 12.1. The lowest BCUT2D eigenvalue weighted by molar-refractivity contribution is 0.297. The van der Waals surface area contributed by atoms with Crippen molar-refractivity contribution in [2.45, 2.75) is 13.5 Å². The molecule has 0 aliphatic rings. The molecule has 0 aliphatic heterocycles. The summed E-state index contributed by atoms with van der Waals surface area (Å²) in [5.41, 5.74) is 2.77. The topological polar surface area (TPSA) is 72.9 Å². The third-order valence-corrected chi connectivity index (χ3v) is 4.59. The number of rotatable bonds is 4. The summed E-state index contributed by atoms with van der Waals surface area (Å²) in [6, 6.07) is 9.72. The first-order chi connectivity index (χ1) is 12.2. The first kappa shape index (κ1) is 15.8. The van der Waals surface area contributed by atoms with Gasteiger partial charge in [0.25, 0.3) is 0 Å². The summed E-state index contributed by atoms with van der Waals surface area (Å²) in [6.07, 6.45) is 1.77. The molecule has 0 atom stereocenters. The van der Waals surface area contributed by atoms with Crippen LogP contribution in [-0.4, -0.2) is 27.3 Å². The number of aromatic nitrogens is 4. The first-order valence-electron chi connectivity index (χ1n) is 7.71. The second-order valence-electron chi connectivity index (χ2n) is 5.63. The zero-order chi connectivity index (χ0) is 17.4. The predicted molar refractivity (Wildman–Crippen MR) is 99.0 cm³/mol. The van der Waals surface area contributed by atoms with Gasteiger partial charge in [-0.3, -0.25) is 5.10 Å². The van der Waals surface area contributed by atoms with Crippen molar-refractivity contribution in [1.29, 1.82) is 0 Å². The molecule has 0 spiro atoms. The molecule has 126 valence electrons. The number of hydrogen-bond acceptors (Lipinski definition) is 5. The highest BCUT2D eigenvalue weighted by atomic mass is 79.9. The van der Waals surface area contributed by atoms with E-state index in [0.29, 0.717) is 18.3 Å². The number of halogens is 1. The number of nitrogens with zero attached hydrogens (tertiary/aromatic N) is 3. The monoisotopic (exact) mass is 398 g/mol. The van der Waals surface area contributed by atoms with Crippen molar-refractivity contribution in [2.75, 3.05) is 7.11 Å². The molecule has 2 aromatic carbocycles.